The number of fused-ring (bicyclic) bond motifs is 2. The molecule has 0 aliphatic carbocycles. The topological polar surface area (TPSA) is 16.8 Å². The second-order valence-corrected chi connectivity index (χ2v) is 7.47. The predicted molar refractivity (Wildman–Crippen MR) is 87.9 cm³/mol. The normalized spacial score (nSPS) is 14.5. The number of aryl methyl sites for hydroxylation is 1. The van der Waals surface area contributed by atoms with Crippen LogP contribution in [0, 0.1) is 0 Å². The van der Waals surface area contributed by atoms with Crippen LogP contribution in [0.3, 0.4) is 0 Å². The average molecular weight is 382 g/mol. The van der Waals surface area contributed by atoms with Crippen LogP contribution in [0.15, 0.2) is 48.5 Å². The molecule has 9 heteroatoms. The minimum atomic E-state index is -10.7. The van der Waals surface area contributed by atoms with E-state index in [1.54, 1.807) is 0 Å². The van der Waals surface area contributed by atoms with Gasteiger partial charge in [-0.2, -0.15) is 4.57 Å². The molecule has 2 nitrogen and oxygen atoms in total. The van der Waals surface area contributed by atoms with Gasteiger partial charge >= 0.3 is 33.0 Å². The van der Waals surface area contributed by atoms with Crippen molar-refractivity contribution >= 4 is 29.9 Å². The first-order chi connectivity index (χ1) is 11.3. The van der Waals surface area contributed by atoms with Crippen LogP contribution >= 0.6 is 7.81 Å². The van der Waals surface area contributed by atoms with Crippen LogP contribution in [0.25, 0.3) is 22.1 Å². The standard InChI is InChI=1S/C16H17N2.F6P/c1-2-3-12-18-15-10-6-4-8-13(15)17-14-9-5-7-11-16(14)18;1-7(2,3,4,5)6/h4-11H,2-3,12H2,1H3;/q+1;-1. The Balaban J connectivity index is 0.000000277. The van der Waals surface area contributed by atoms with Crippen molar-refractivity contribution < 1.29 is 29.7 Å². The Labute approximate surface area is 140 Å². The van der Waals surface area contributed by atoms with E-state index in [-0.39, 0.29) is 0 Å². The molecule has 0 saturated heterocycles. The van der Waals surface area contributed by atoms with Gasteiger partial charge in [-0.05, 0) is 12.1 Å². The van der Waals surface area contributed by atoms with Crippen molar-refractivity contribution in [1.82, 2.24) is 4.98 Å². The van der Waals surface area contributed by atoms with Crippen molar-refractivity contribution in [2.45, 2.75) is 26.3 Å². The third kappa shape index (κ3) is 6.82. The summed E-state index contributed by atoms with van der Waals surface area (Å²) in [5.41, 5.74) is 4.61. The molecule has 0 bridgehead atoms. The van der Waals surface area contributed by atoms with Gasteiger partial charge in [-0.1, -0.05) is 37.6 Å². The summed E-state index contributed by atoms with van der Waals surface area (Å²) in [6, 6.07) is 16.8. The summed E-state index contributed by atoms with van der Waals surface area (Å²) in [5.74, 6) is 0. The van der Waals surface area contributed by atoms with Gasteiger partial charge in [0.1, 0.15) is 17.6 Å². The van der Waals surface area contributed by atoms with Gasteiger partial charge in [0.15, 0.2) is 0 Å². The zero-order valence-electron chi connectivity index (χ0n) is 13.3. The molecule has 2 aromatic carbocycles. The quantitative estimate of drug-likeness (QED) is 0.209. The predicted octanol–water partition coefficient (Wildman–Crippen LogP) is 6.86. The van der Waals surface area contributed by atoms with Gasteiger partial charge in [0.2, 0.25) is 11.0 Å². The van der Waals surface area contributed by atoms with E-state index in [0.29, 0.717) is 0 Å². The van der Waals surface area contributed by atoms with Gasteiger partial charge in [0.25, 0.3) is 0 Å². The maximum atomic E-state index is 9.87. The first-order valence-corrected chi connectivity index (χ1v) is 9.62. The third-order valence-corrected chi connectivity index (χ3v) is 3.32. The summed E-state index contributed by atoms with van der Waals surface area (Å²) in [6.45, 7) is 3.28. The van der Waals surface area contributed by atoms with E-state index in [9.17, 15) is 25.2 Å². The molecule has 0 radical (unpaired) electrons. The second-order valence-electron chi connectivity index (χ2n) is 5.55. The van der Waals surface area contributed by atoms with Crippen molar-refractivity contribution in [3.8, 4) is 0 Å². The summed E-state index contributed by atoms with van der Waals surface area (Å²) < 4.78 is 61.6. The van der Waals surface area contributed by atoms with Gasteiger partial charge in [-0.15, -0.1) is 0 Å². The van der Waals surface area contributed by atoms with Crippen molar-refractivity contribution in [3.63, 3.8) is 0 Å². The van der Waals surface area contributed by atoms with E-state index >= 15 is 0 Å². The van der Waals surface area contributed by atoms with E-state index in [0.717, 1.165) is 17.6 Å². The monoisotopic (exact) mass is 382 g/mol. The number of benzene rings is 2. The summed E-state index contributed by atoms with van der Waals surface area (Å²) in [4.78, 5) is 4.73. The van der Waals surface area contributed by atoms with E-state index in [1.165, 1.54) is 23.9 Å². The number of nitrogens with zero attached hydrogens (tertiary/aromatic N) is 2. The first kappa shape index (κ1) is 19.4. The number of aromatic nitrogens is 2. The second kappa shape index (κ2) is 6.09. The molecule has 0 amide bonds. The van der Waals surface area contributed by atoms with Gasteiger partial charge in [0, 0.05) is 18.6 Å². The van der Waals surface area contributed by atoms with Gasteiger partial charge in [0.05, 0.1) is 0 Å². The van der Waals surface area contributed by atoms with Crippen LogP contribution in [0.2, 0.25) is 0 Å². The molecule has 0 saturated carbocycles. The number of hydrogen-bond donors (Lipinski definition) is 0. The van der Waals surface area contributed by atoms with Crippen molar-refractivity contribution in [2.75, 3.05) is 0 Å². The van der Waals surface area contributed by atoms with Crippen LogP contribution in [0.1, 0.15) is 19.8 Å². The van der Waals surface area contributed by atoms with E-state index in [1.807, 2.05) is 12.1 Å². The van der Waals surface area contributed by atoms with Gasteiger partial charge < -0.3 is 0 Å². The summed E-state index contributed by atoms with van der Waals surface area (Å²) in [6.07, 6.45) is 2.40. The minimum absolute atomic E-state index is 1.06. The van der Waals surface area contributed by atoms with Crippen LogP contribution in [-0.2, 0) is 6.54 Å². The zero-order chi connectivity index (χ0) is 18.8. The van der Waals surface area contributed by atoms with Crippen molar-refractivity contribution in [3.05, 3.63) is 48.5 Å². The zero-order valence-corrected chi connectivity index (χ0v) is 14.2. The average Bonchev–Trinajstić information content (AvgIpc) is 2.48. The van der Waals surface area contributed by atoms with E-state index in [4.69, 9.17) is 4.98 Å². The van der Waals surface area contributed by atoms with Crippen LogP contribution < -0.4 is 4.57 Å². The molecule has 138 valence electrons. The number of rotatable bonds is 3. The molecule has 3 aromatic rings. The molecule has 3 rings (SSSR count). The fourth-order valence-corrected chi connectivity index (χ4v) is 2.39. The third-order valence-electron chi connectivity index (χ3n) is 3.32. The number of hydrogen-bond acceptors (Lipinski definition) is 1. The molecule has 0 N–H and O–H groups in total. The summed E-state index contributed by atoms with van der Waals surface area (Å²) in [7, 11) is -10.7. The maximum absolute atomic E-state index is 10.7. The van der Waals surface area contributed by atoms with Gasteiger partial charge in [-0.25, -0.2) is 4.98 Å². The number of para-hydroxylation sites is 4. The first-order valence-electron chi connectivity index (χ1n) is 7.59. The molecule has 25 heavy (non-hydrogen) atoms. The Morgan fingerprint density at radius 2 is 1.20 bits per heavy atom. The molecular weight excluding hydrogens is 365 g/mol. The molecule has 0 spiro atoms. The van der Waals surface area contributed by atoms with E-state index in [2.05, 4.69) is 47.9 Å². The SMILES string of the molecule is CCCC[n+]1c2ccccc2nc2ccccc21.F[P-](F)(F)(F)(F)F. The van der Waals surface area contributed by atoms with Crippen LogP contribution in [-0.4, -0.2) is 4.98 Å². The number of unbranched alkanes of at least 4 members (excludes halogenated alkanes) is 1. The Bertz CT molecular complexity index is 828. The fourth-order valence-electron chi connectivity index (χ4n) is 2.39. The molecule has 0 aliphatic heterocycles. The molecule has 1 aromatic heterocycles. The summed E-state index contributed by atoms with van der Waals surface area (Å²) >= 11 is 0. The Morgan fingerprint density at radius 1 is 0.800 bits per heavy atom. The molecular formula is C16H17F6N2P. The Hall–Kier alpha value is -1.95. The molecule has 0 aliphatic rings. The summed E-state index contributed by atoms with van der Waals surface area (Å²) in [5, 5.41) is 0. The Morgan fingerprint density at radius 3 is 1.60 bits per heavy atom. The molecule has 1 heterocycles. The van der Waals surface area contributed by atoms with Crippen molar-refractivity contribution in [1.29, 1.82) is 0 Å². The Kier molecular flexibility index (Phi) is 4.72. The van der Waals surface area contributed by atoms with Crippen molar-refractivity contribution in [2.24, 2.45) is 0 Å². The van der Waals surface area contributed by atoms with Crippen LogP contribution in [0.5, 0.6) is 0 Å². The van der Waals surface area contributed by atoms with Crippen LogP contribution in [0.4, 0.5) is 25.2 Å². The fraction of sp³-hybridized carbons (Fsp3) is 0.250. The molecule has 0 unspecified atom stereocenters. The molecule has 0 fully saturated rings. The molecule has 0 atom stereocenters. The number of halogens is 6. The van der Waals surface area contributed by atoms with E-state index < -0.39 is 7.81 Å². The van der Waals surface area contributed by atoms with Gasteiger partial charge in [-0.3, -0.25) is 0 Å².